The molecule has 6 N–H and O–H groups in total. The third-order valence-electron chi connectivity index (χ3n) is 7.58. The van der Waals surface area contributed by atoms with Gasteiger partial charge in [0.25, 0.3) is 12.0 Å². The number of nitrogens with two attached hydrogens (primary N) is 1. The first-order valence-electron chi connectivity index (χ1n) is 19.2. The molecule has 0 unspecified atom stereocenters. The number of halogens is 2. The molecule has 2 aromatic carbocycles. The second-order valence-corrected chi connectivity index (χ2v) is 19.1. The van der Waals surface area contributed by atoms with Crippen LogP contribution in [-0.2, 0) is 47.6 Å². The molecule has 4 rings (SSSR count). The van der Waals surface area contributed by atoms with Gasteiger partial charge in [-0.25, -0.2) is 15.5 Å². The van der Waals surface area contributed by atoms with Gasteiger partial charge in [0.15, 0.2) is 0 Å². The highest BCUT2D eigenvalue weighted by atomic mass is 19.3. The number of carbonyl (C=O) groups excluding carboxylic acids is 3. The lowest BCUT2D eigenvalue weighted by Gasteiger charge is -2.19. The molecule has 2 aliphatic heterocycles. The Kier molecular flexibility index (Phi) is 22.4. The summed E-state index contributed by atoms with van der Waals surface area (Å²) in [5.41, 5.74) is 13.5. The number of methoxy groups -OCH3 is 1. The second kappa shape index (κ2) is 23.6. The summed E-state index contributed by atoms with van der Waals surface area (Å²) in [6.07, 6.45) is 0.864. The van der Waals surface area contributed by atoms with E-state index < -0.39 is 22.9 Å². The molecule has 0 aliphatic carbocycles. The van der Waals surface area contributed by atoms with E-state index in [9.17, 15) is 23.2 Å². The predicted molar refractivity (Wildman–Crippen MR) is 234 cm³/mol. The number of aliphatic carboxylic acids is 1. The number of esters is 1. The standard InChI is InChI=1S/C14H18N2O.C12H16N2.C6H10F2.C6H12O2.C5H11NO2.C2H4O2/c1-9(17)15-13-8-10-7-11(14(2,3)4)5-6-12(10)16-13;1-12(2,3)9-4-5-10-8(6-9)7-11(13)14-10;1-6(2,3)4-5(7)8;1-6(2,3)5(7)8-4;1-5(2,3)4(7)6-8;1-2(3)4/h5-7H,8H2,1-4H3,(H,15,16,17);4-6H,7H2,1-3H3,(H2,13,14);4H,1-3H3;1-4H3;8H,1-3H3,(H,6,7);1H3,(H,3,4). The summed E-state index contributed by atoms with van der Waals surface area (Å²) in [4.78, 5) is 49.7. The molecule has 0 bridgehead atoms. The van der Waals surface area contributed by atoms with Crippen LogP contribution in [0.25, 0.3) is 0 Å². The lowest BCUT2D eigenvalue weighted by atomic mass is 9.86. The van der Waals surface area contributed by atoms with Gasteiger partial charge in [0.1, 0.15) is 11.7 Å². The van der Waals surface area contributed by atoms with E-state index in [1.807, 2.05) is 26.8 Å². The van der Waals surface area contributed by atoms with Gasteiger partial charge in [-0.1, -0.05) is 107 Å². The molecule has 0 fully saturated rings. The Hall–Kier alpha value is -4.98. The average molecular weight is 832 g/mol. The number of ether oxygens (including phenoxy) is 1. The van der Waals surface area contributed by atoms with Crippen LogP contribution in [0, 0.1) is 16.2 Å². The van der Waals surface area contributed by atoms with Crippen LogP contribution in [0.3, 0.4) is 0 Å². The summed E-state index contributed by atoms with van der Waals surface area (Å²) in [7, 11) is 1.40. The molecule has 0 saturated heterocycles. The fourth-order valence-corrected chi connectivity index (χ4v) is 4.44. The quantitative estimate of drug-likeness (QED) is 0.0984. The lowest BCUT2D eigenvalue weighted by molar-refractivity contribution is -0.149. The van der Waals surface area contributed by atoms with Crippen LogP contribution in [0.1, 0.15) is 140 Å². The van der Waals surface area contributed by atoms with Gasteiger partial charge in [-0.05, 0) is 77.5 Å². The SMILES string of the molecule is CC(=O)NC1=Nc2ccc(C(C)(C)C)cc2C1.CC(=O)O.CC(C)(C)C(=O)NO.CC(C)(C)C=C(F)F.CC(C)(C)c1ccc2c(c1)CC(N)=N2.COC(=O)C(C)(C)C. The van der Waals surface area contributed by atoms with E-state index >= 15 is 0 Å². The highest BCUT2D eigenvalue weighted by Gasteiger charge is 2.22. The molecule has 0 atom stereocenters. The molecule has 332 valence electrons. The number of carboxylic acid groups (broad SMARTS) is 1. The first-order valence-corrected chi connectivity index (χ1v) is 19.2. The van der Waals surface area contributed by atoms with E-state index in [0.29, 0.717) is 0 Å². The van der Waals surface area contributed by atoms with Crippen molar-refractivity contribution < 1.29 is 43.0 Å². The molecular formula is C45H71F2N5O7. The van der Waals surface area contributed by atoms with Crippen molar-refractivity contribution in [3.05, 3.63) is 70.8 Å². The summed E-state index contributed by atoms with van der Waals surface area (Å²) in [6.45, 7) is 31.6. The smallest absolute Gasteiger partial charge is 0.310 e. The number of hydroxylamine groups is 1. The Labute approximate surface area is 351 Å². The van der Waals surface area contributed by atoms with Gasteiger partial charge in [-0.3, -0.25) is 24.4 Å². The number of hydrogen-bond acceptors (Lipinski definition) is 9. The molecule has 59 heavy (non-hydrogen) atoms. The van der Waals surface area contributed by atoms with E-state index in [0.717, 1.165) is 48.9 Å². The van der Waals surface area contributed by atoms with Crippen LogP contribution in [0.5, 0.6) is 0 Å². The molecule has 2 amide bonds. The monoisotopic (exact) mass is 832 g/mol. The summed E-state index contributed by atoms with van der Waals surface area (Å²) in [5, 5.41) is 18.2. The number of hydrogen-bond donors (Lipinski definition) is 5. The van der Waals surface area contributed by atoms with E-state index in [4.69, 9.17) is 20.8 Å². The lowest BCUT2D eigenvalue weighted by Crippen LogP contribution is -2.32. The fourth-order valence-electron chi connectivity index (χ4n) is 4.44. The summed E-state index contributed by atoms with van der Waals surface area (Å²) in [6, 6.07) is 12.8. The maximum absolute atomic E-state index is 11.4. The van der Waals surface area contributed by atoms with Crippen LogP contribution >= 0.6 is 0 Å². The third-order valence-corrected chi connectivity index (χ3v) is 7.58. The van der Waals surface area contributed by atoms with Crippen molar-refractivity contribution >= 4 is 46.8 Å². The normalized spacial score (nSPS) is 12.6. The van der Waals surface area contributed by atoms with Gasteiger partial charge in [0, 0.05) is 32.1 Å². The number of carbonyl (C=O) groups is 4. The Bertz CT molecular complexity index is 1780. The summed E-state index contributed by atoms with van der Waals surface area (Å²) < 4.78 is 27.3. The Balaban J connectivity index is 0. The number of carboxylic acids is 1. The van der Waals surface area contributed by atoms with Crippen molar-refractivity contribution in [2.45, 2.75) is 141 Å². The van der Waals surface area contributed by atoms with E-state index in [2.05, 4.69) is 91.9 Å². The van der Waals surface area contributed by atoms with Crippen molar-refractivity contribution in [1.29, 1.82) is 0 Å². The summed E-state index contributed by atoms with van der Waals surface area (Å²) in [5.74, 6) is 0.0484. The van der Waals surface area contributed by atoms with Crippen molar-refractivity contribution in [3.8, 4) is 0 Å². The van der Waals surface area contributed by atoms with E-state index in [1.165, 1.54) is 36.3 Å². The van der Waals surface area contributed by atoms with Crippen LogP contribution in [0.2, 0.25) is 0 Å². The number of amidine groups is 2. The number of allylic oxidation sites excluding steroid dienone is 1. The maximum Gasteiger partial charge on any atom is 0.310 e. The first-order chi connectivity index (χ1) is 26.4. The number of aliphatic imine (C=N–C) groups is 2. The zero-order chi connectivity index (χ0) is 46.9. The Morgan fingerprint density at radius 2 is 1.14 bits per heavy atom. The average Bonchev–Trinajstić information content (AvgIpc) is 3.62. The predicted octanol–water partition coefficient (Wildman–Crippen LogP) is 9.88. The molecule has 0 aromatic heterocycles. The van der Waals surface area contributed by atoms with Crippen molar-refractivity contribution in [2.24, 2.45) is 32.0 Å². The van der Waals surface area contributed by atoms with Gasteiger partial charge in [-0.2, -0.15) is 8.78 Å². The summed E-state index contributed by atoms with van der Waals surface area (Å²) >= 11 is 0. The van der Waals surface area contributed by atoms with Crippen molar-refractivity contribution in [3.63, 3.8) is 0 Å². The molecular weight excluding hydrogens is 761 g/mol. The minimum Gasteiger partial charge on any atom is -0.481 e. The number of amides is 2. The number of benzene rings is 2. The largest absolute Gasteiger partial charge is 0.481 e. The second-order valence-electron chi connectivity index (χ2n) is 19.1. The molecule has 2 aromatic rings. The Morgan fingerprint density at radius 1 is 0.729 bits per heavy atom. The van der Waals surface area contributed by atoms with Crippen molar-refractivity contribution in [1.82, 2.24) is 10.8 Å². The van der Waals surface area contributed by atoms with Gasteiger partial charge < -0.3 is 20.9 Å². The molecule has 0 saturated carbocycles. The maximum atomic E-state index is 11.4. The van der Waals surface area contributed by atoms with Crippen LogP contribution < -0.4 is 16.5 Å². The van der Waals surface area contributed by atoms with Gasteiger partial charge >= 0.3 is 5.97 Å². The first kappa shape index (κ1) is 56.1. The van der Waals surface area contributed by atoms with Gasteiger partial charge in [-0.15, -0.1) is 0 Å². The molecule has 2 aliphatic rings. The van der Waals surface area contributed by atoms with Crippen LogP contribution in [-0.4, -0.2) is 52.8 Å². The molecule has 14 heteroatoms. The highest BCUT2D eigenvalue weighted by molar-refractivity contribution is 6.02. The van der Waals surface area contributed by atoms with Crippen molar-refractivity contribution in [2.75, 3.05) is 7.11 Å². The van der Waals surface area contributed by atoms with E-state index in [-0.39, 0.29) is 34.0 Å². The fraction of sp³-hybridized carbons (Fsp3) is 0.556. The molecule has 2 heterocycles. The number of nitrogens with one attached hydrogen (secondary N) is 2. The highest BCUT2D eigenvalue weighted by Crippen LogP contribution is 2.32. The number of rotatable bonds is 0. The van der Waals surface area contributed by atoms with Crippen LogP contribution in [0.4, 0.5) is 20.2 Å². The minimum atomic E-state index is -1.60. The zero-order valence-electron chi connectivity index (χ0n) is 38.6. The third kappa shape index (κ3) is 25.2. The topological polar surface area (TPSA) is 193 Å². The minimum absolute atomic E-state index is 0.0624. The molecule has 12 nitrogen and oxygen atoms in total. The Morgan fingerprint density at radius 3 is 1.39 bits per heavy atom. The molecule has 0 spiro atoms. The van der Waals surface area contributed by atoms with E-state index in [1.54, 1.807) is 47.0 Å². The molecule has 0 radical (unpaired) electrons. The number of nitrogens with zero attached hydrogens (tertiary/aromatic N) is 2. The van der Waals surface area contributed by atoms with Crippen LogP contribution in [0.15, 0.2) is 58.5 Å². The number of fused-ring (bicyclic) bond motifs is 2. The van der Waals surface area contributed by atoms with Gasteiger partial charge in [0.2, 0.25) is 11.8 Å². The zero-order valence-corrected chi connectivity index (χ0v) is 38.6. The van der Waals surface area contributed by atoms with Gasteiger partial charge in [0.05, 0.1) is 23.9 Å².